The summed E-state index contributed by atoms with van der Waals surface area (Å²) in [5, 5.41) is 3.95. The van der Waals surface area contributed by atoms with Gasteiger partial charge in [0.2, 0.25) is 5.17 Å². The summed E-state index contributed by atoms with van der Waals surface area (Å²) < 4.78 is 4.36. The zero-order chi connectivity index (χ0) is 11.3. The van der Waals surface area contributed by atoms with Crippen LogP contribution >= 0.6 is 23.2 Å². The van der Waals surface area contributed by atoms with E-state index in [0.717, 1.165) is 0 Å². The summed E-state index contributed by atoms with van der Waals surface area (Å²) in [4.78, 5) is 10.8. The number of rotatable bonds is 3. The van der Waals surface area contributed by atoms with Crippen LogP contribution in [0, 0.1) is 0 Å². The first kappa shape index (κ1) is 11.8. The molecule has 0 saturated heterocycles. The number of esters is 1. The van der Waals surface area contributed by atoms with Crippen LogP contribution in [0.15, 0.2) is 29.4 Å². The van der Waals surface area contributed by atoms with E-state index in [-0.39, 0.29) is 5.17 Å². The summed E-state index contributed by atoms with van der Waals surface area (Å²) in [6, 6.07) is 6.78. The molecule has 0 saturated carbocycles. The van der Waals surface area contributed by atoms with Crippen LogP contribution in [0.25, 0.3) is 0 Å². The van der Waals surface area contributed by atoms with Gasteiger partial charge in [-0.15, -0.1) is 0 Å². The monoisotopic (exact) mass is 246 g/mol. The fourth-order valence-electron chi connectivity index (χ4n) is 0.768. The zero-order valence-corrected chi connectivity index (χ0v) is 9.34. The third kappa shape index (κ3) is 3.77. The Kier molecular flexibility index (Phi) is 4.39. The topological polar surface area (TPSA) is 50.7 Å². The molecule has 0 heterocycles. The highest BCUT2D eigenvalue weighted by Gasteiger charge is 2.06. The zero-order valence-electron chi connectivity index (χ0n) is 7.83. The van der Waals surface area contributed by atoms with Crippen molar-refractivity contribution in [2.45, 2.75) is 0 Å². The number of methoxy groups -OCH3 is 1. The van der Waals surface area contributed by atoms with Crippen LogP contribution in [-0.4, -0.2) is 18.2 Å². The molecule has 0 radical (unpaired) electrons. The van der Waals surface area contributed by atoms with Crippen LogP contribution in [0.3, 0.4) is 0 Å². The lowest BCUT2D eigenvalue weighted by molar-refractivity contribution is -0.132. The van der Waals surface area contributed by atoms with Gasteiger partial charge in [0.05, 0.1) is 12.8 Å². The maximum atomic E-state index is 10.8. The van der Waals surface area contributed by atoms with Crippen molar-refractivity contribution >= 4 is 40.0 Å². The van der Waals surface area contributed by atoms with E-state index in [1.165, 1.54) is 7.11 Å². The Labute approximate surface area is 96.8 Å². The van der Waals surface area contributed by atoms with Crippen molar-refractivity contribution in [3.63, 3.8) is 0 Å². The van der Waals surface area contributed by atoms with E-state index in [1.807, 2.05) is 0 Å². The lowest BCUT2D eigenvalue weighted by Gasteiger charge is -2.00. The third-order valence-electron chi connectivity index (χ3n) is 1.48. The summed E-state index contributed by atoms with van der Waals surface area (Å²) in [6.07, 6.45) is 0. The highest BCUT2D eigenvalue weighted by Crippen LogP contribution is 2.13. The second-order valence-corrected chi connectivity index (χ2v) is 3.31. The molecule has 0 aliphatic rings. The molecule has 0 unspecified atom stereocenters. The number of nitrogens with zero attached hydrogens (tertiary/aromatic N) is 1. The number of anilines is 1. The van der Waals surface area contributed by atoms with Gasteiger partial charge in [-0.05, 0) is 24.3 Å². The highest BCUT2D eigenvalue weighted by atomic mass is 35.5. The van der Waals surface area contributed by atoms with Crippen molar-refractivity contribution in [2.24, 2.45) is 5.10 Å². The van der Waals surface area contributed by atoms with Crippen molar-refractivity contribution < 1.29 is 9.53 Å². The van der Waals surface area contributed by atoms with Gasteiger partial charge < -0.3 is 4.74 Å². The fourth-order valence-corrected chi connectivity index (χ4v) is 1.01. The summed E-state index contributed by atoms with van der Waals surface area (Å²) in [5.41, 5.74) is 3.25. The number of nitrogens with one attached hydrogen (secondary N) is 1. The van der Waals surface area contributed by atoms with Crippen LogP contribution in [-0.2, 0) is 9.53 Å². The number of carbonyl (C=O) groups excluding carboxylic acids is 1. The number of hydrogen-bond acceptors (Lipinski definition) is 4. The smallest absolute Gasteiger partial charge is 0.370 e. The number of hydrogen-bond donors (Lipinski definition) is 1. The number of halogens is 2. The molecule has 0 fully saturated rings. The predicted molar refractivity (Wildman–Crippen MR) is 60.4 cm³/mol. The van der Waals surface area contributed by atoms with Gasteiger partial charge in [0.15, 0.2) is 0 Å². The van der Waals surface area contributed by atoms with Crippen LogP contribution in [0.5, 0.6) is 0 Å². The van der Waals surface area contributed by atoms with Crippen molar-refractivity contribution in [2.75, 3.05) is 12.5 Å². The summed E-state index contributed by atoms with van der Waals surface area (Å²) in [5.74, 6) is -0.696. The molecule has 0 spiro atoms. The molecule has 1 aromatic carbocycles. The van der Waals surface area contributed by atoms with E-state index in [2.05, 4.69) is 15.3 Å². The van der Waals surface area contributed by atoms with Crippen molar-refractivity contribution in [1.82, 2.24) is 0 Å². The maximum Gasteiger partial charge on any atom is 0.370 e. The number of ether oxygens (including phenoxy) is 1. The molecular formula is C9H8Cl2N2O2. The van der Waals surface area contributed by atoms with E-state index in [4.69, 9.17) is 23.2 Å². The molecular weight excluding hydrogens is 239 g/mol. The Balaban J connectivity index is 2.63. The van der Waals surface area contributed by atoms with Gasteiger partial charge in [0, 0.05) is 5.02 Å². The lowest BCUT2D eigenvalue weighted by atomic mass is 10.3. The van der Waals surface area contributed by atoms with Crippen molar-refractivity contribution in [3.8, 4) is 0 Å². The molecule has 1 N–H and O–H groups in total. The normalized spacial score (nSPS) is 11.0. The Morgan fingerprint density at radius 1 is 1.40 bits per heavy atom. The van der Waals surface area contributed by atoms with Gasteiger partial charge in [-0.3, -0.25) is 5.43 Å². The minimum absolute atomic E-state index is 0.271. The fraction of sp³-hybridized carbons (Fsp3) is 0.111. The largest absolute Gasteiger partial charge is 0.464 e. The molecule has 4 nitrogen and oxygen atoms in total. The summed E-state index contributed by atoms with van der Waals surface area (Å²) >= 11 is 11.2. The molecule has 1 aromatic rings. The molecule has 80 valence electrons. The van der Waals surface area contributed by atoms with E-state index in [1.54, 1.807) is 24.3 Å². The third-order valence-corrected chi connectivity index (χ3v) is 1.97. The predicted octanol–water partition coefficient (Wildman–Crippen LogP) is 2.48. The Morgan fingerprint density at radius 3 is 2.53 bits per heavy atom. The minimum atomic E-state index is -0.696. The van der Waals surface area contributed by atoms with E-state index in [0.29, 0.717) is 10.7 Å². The van der Waals surface area contributed by atoms with Gasteiger partial charge in [-0.2, -0.15) is 5.10 Å². The maximum absolute atomic E-state index is 10.8. The van der Waals surface area contributed by atoms with Gasteiger partial charge in [0.1, 0.15) is 0 Å². The molecule has 0 atom stereocenters. The second-order valence-electron chi connectivity index (χ2n) is 2.51. The Hall–Kier alpha value is -1.26. The van der Waals surface area contributed by atoms with E-state index >= 15 is 0 Å². The highest BCUT2D eigenvalue weighted by molar-refractivity contribution is 6.82. The Morgan fingerprint density at radius 2 is 2.00 bits per heavy atom. The molecule has 1 rings (SSSR count). The van der Waals surface area contributed by atoms with Gasteiger partial charge in [-0.25, -0.2) is 4.79 Å². The second kappa shape index (κ2) is 5.58. The summed E-state index contributed by atoms with van der Waals surface area (Å²) in [7, 11) is 1.22. The average Bonchev–Trinajstić information content (AvgIpc) is 2.26. The lowest BCUT2D eigenvalue weighted by Crippen LogP contribution is -2.11. The van der Waals surface area contributed by atoms with Crippen LogP contribution < -0.4 is 5.43 Å². The van der Waals surface area contributed by atoms with Gasteiger partial charge >= 0.3 is 5.97 Å². The average molecular weight is 247 g/mol. The number of hydrazone groups is 1. The number of carbonyl (C=O) groups is 1. The first-order valence-electron chi connectivity index (χ1n) is 3.96. The standard InChI is InChI=1S/C9H8Cl2N2O2/c1-15-9(14)8(11)13-12-7-4-2-6(10)3-5-7/h2-5,12H,1H3/b13-8+. The Bertz CT molecular complexity index is 376. The SMILES string of the molecule is COC(=O)/C(Cl)=N\Nc1ccc(Cl)cc1. The first-order valence-corrected chi connectivity index (χ1v) is 4.72. The number of benzene rings is 1. The van der Waals surface area contributed by atoms with E-state index < -0.39 is 5.97 Å². The molecule has 0 amide bonds. The van der Waals surface area contributed by atoms with Crippen molar-refractivity contribution in [3.05, 3.63) is 29.3 Å². The van der Waals surface area contributed by atoms with Crippen LogP contribution in [0.2, 0.25) is 5.02 Å². The molecule has 0 aromatic heterocycles. The van der Waals surface area contributed by atoms with Crippen LogP contribution in [0.4, 0.5) is 5.69 Å². The van der Waals surface area contributed by atoms with Crippen molar-refractivity contribution in [1.29, 1.82) is 0 Å². The van der Waals surface area contributed by atoms with Gasteiger partial charge in [0.25, 0.3) is 0 Å². The molecule has 6 heteroatoms. The first-order chi connectivity index (χ1) is 7.13. The molecule has 15 heavy (non-hydrogen) atoms. The van der Waals surface area contributed by atoms with Gasteiger partial charge in [-0.1, -0.05) is 23.2 Å². The van der Waals surface area contributed by atoms with Crippen LogP contribution in [0.1, 0.15) is 0 Å². The molecule has 0 aliphatic heterocycles. The summed E-state index contributed by atoms with van der Waals surface area (Å²) in [6.45, 7) is 0. The molecule has 0 aliphatic carbocycles. The molecule has 0 bridgehead atoms. The quantitative estimate of drug-likeness (QED) is 0.507. The minimum Gasteiger partial charge on any atom is -0.464 e. The van der Waals surface area contributed by atoms with E-state index in [9.17, 15) is 4.79 Å².